The van der Waals surface area contributed by atoms with Crippen LogP contribution >= 0.6 is 31.9 Å². The van der Waals surface area contributed by atoms with Gasteiger partial charge in [-0.05, 0) is 59.7 Å². The topological polar surface area (TPSA) is 56.8 Å². The van der Waals surface area contributed by atoms with E-state index in [-0.39, 0.29) is 33.8 Å². The first-order valence-corrected chi connectivity index (χ1v) is 12.4. The lowest BCUT2D eigenvalue weighted by Gasteiger charge is -2.16. The van der Waals surface area contributed by atoms with Gasteiger partial charge >= 0.3 is 12.4 Å². The van der Waals surface area contributed by atoms with Gasteiger partial charge in [-0.2, -0.15) is 36.9 Å². The minimum Gasteiger partial charge on any atom is -0.455 e. The minimum absolute atomic E-state index is 0.00739. The Kier molecular flexibility index (Phi) is 7.78. The Bertz CT molecular complexity index is 1510. The van der Waals surface area contributed by atoms with Crippen LogP contribution in [0, 0.1) is 22.7 Å². The van der Waals surface area contributed by atoms with Gasteiger partial charge in [-0.1, -0.05) is 56.1 Å². The quantitative estimate of drug-likeness (QED) is 0.204. The zero-order chi connectivity index (χ0) is 28.5. The third-order valence-electron chi connectivity index (χ3n) is 5.68. The van der Waals surface area contributed by atoms with Crippen molar-refractivity contribution in [3.8, 4) is 45.9 Å². The summed E-state index contributed by atoms with van der Waals surface area (Å²) in [6.07, 6.45) is -9.06. The second-order valence-electron chi connectivity index (χ2n) is 8.07. The molecule has 0 saturated heterocycles. The molecule has 0 amide bonds. The summed E-state index contributed by atoms with van der Waals surface area (Å²) in [5, 5.41) is 19.9. The van der Waals surface area contributed by atoms with Crippen molar-refractivity contribution in [3.63, 3.8) is 0 Å². The Morgan fingerprint density at radius 3 is 1.15 bits per heavy atom. The van der Waals surface area contributed by atoms with E-state index >= 15 is 0 Å². The Morgan fingerprint density at radius 2 is 0.872 bits per heavy atom. The van der Waals surface area contributed by atoms with Crippen LogP contribution in [0.3, 0.4) is 0 Å². The van der Waals surface area contributed by atoms with Crippen LogP contribution in [0.5, 0.6) is 11.5 Å². The molecule has 3 nitrogen and oxygen atoms in total. The van der Waals surface area contributed by atoms with Crippen LogP contribution in [0.2, 0.25) is 0 Å². The average Bonchev–Trinajstić information content (AvgIpc) is 2.89. The van der Waals surface area contributed by atoms with Gasteiger partial charge in [0, 0.05) is 20.1 Å². The van der Waals surface area contributed by atoms with E-state index in [9.17, 15) is 36.9 Å². The number of nitriles is 2. The smallest absolute Gasteiger partial charge is 0.416 e. The molecule has 39 heavy (non-hydrogen) atoms. The summed E-state index contributed by atoms with van der Waals surface area (Å²) in [7, 11) is 0. The summed E-state index contributed by atoms with van der Waals surface area (Å²) >= 11 is 6.67. The molecule has 0 radical (unpaired) electrons. The highest BCUT2D eigenvalue weighted by Gasteiger charge is 2.31. The molecule has 11 heteroatoms. The number of rotatable bonds is 4. The van der Waals surface area contributed by atoms with E-state index in [0.29, 0.717) is 20.1 Å². The number of hydrogen-bond donors (Lipinski definition) is 0. The van der Waals surface area contributed by atoms with Crippen molar-refractivity contribution < 1.29 is 31.1 Å². The molecule has 0 spiro atoms. The molecule has 0 aliphatic heterocycles. The molecule has 196 valence electrons. The van der Waals surface area contributed by atoms with E-state index < -0.39 is 23.5 Å². The second-order valence-corrected chi connectivity index (χ2v) is 9.78. The SMILES string of the molecule is N#Cc1c(Oc2ccc(Br)c(-c3ccc(C(F)(F)F)cc3)c2C#N)ccc(Br)c1-c1ccc(C(F)(F)F)cc1. The predicted molar refractivity (Wildman–Crippen MR) is 139 cm³/mol. The number of ether oxygens (including phenoxy) is 1. The summed E-state index contributed by atoms with van der Waals surface area (Å²) in [4.78, 5) is 0. The second kappa shape index (κ2) is 10.8. The monoisotopic (exact) mass is 664 g/mol. The normalized spacial score (nSPS) is 11.5. The Balaban J connectivity index is 1.80. The third kappa shape index (κ3) is 5.80. The zero-order valence-corrected chi connectivity index (χ0v) is 22.4. The van der Waals surface area contributed by atoms with Gasteiger partial charge in [0.2, 0.25) is 0 Å². The summed E-state index contributed by atoms with van der Waals surface area (Å²) in [6, 6.07) is 18.5. The molecule has 0 saturated carbocycles. The van der Waals surface area contributed by atoms with Crippen LogP contribution in [0.1, 0.15) is 22.3 Å². The molecule has 4 rings (SSSR count). The van der Waals surface area contributed by atoms with Crippen molar-refractivity contribution in [2.45, 2.75) is 12.4 Å². The first-order chi connectivity index (χ1) is 18.3. The number of benzene rings is 4. The molecule has 0 aliphatic carbocycles. The fourth-order valence-electron chi connectivity index (χ4n) is 3.84. The summed E-state index contributed by atoms with van der Waals surface area (Å²) < 4.78 is 84.9. The van der Waals surface area contributed by atoms with Crippen LogP contribution in [0.25, 0.3) is 22.3 Å². The summed E-state index contributed by atoms with van der Waals surface area (Å²) in [5.74, 6) is 0.0422. The lowest BCUT2D eigenvalue weighted by atomic mass is 9.97. The minimum atomic E-state index is -4.53. The van der Waals surface area contributed by atoms with Crippen molar-refractivity contribution >= 4 is 31.9 Å². The standard InChI is InChI=1S/C28H12Br2F6N2O/c29-21-9-11-23(19(13-37)25(21)15-1-5-17(6-2-15)27(31,32)33)39-24-12-10-22(30)26(20(24)14-38)16-3-7-18(8-4-16)28(34,35)36/h1-12H. The highest BCUT2D eigenvalue weighted by atomic mass is 79.9. The van der Waals surface area contributed by atoms with Crippen LogP contribution in [-0.4, -0.2) is 0 Å². The van der Waals surface area contributed by atoms with E-state index in [1.807, 2.05) is 12.1 Å². The lowest BCUT2D eigenvalue weighted by Crippen LogP contribution is -2.04. The Labute approximate surface area is 235 Å². The molecule has 0 N–H and O–H groups in total. The maximum Gasteiger partial charge on any atom is 0.416 e. The molecule has 0 unspecified atom stereocenters. The molecular formula is C28H12Br2F6N2O. The maximum absolute atomic E-state index is 13.0. The fraction of sp³-hybridized carbons (Fsp3) is 0.0714. The Hall–Kier alpha value is -3.80. The van der Waals surface area contributed by atoms with Gasteiger partial charge < -0.3 is 4.74 Å². The number of halogens is 8. The van der Waals surface area contributed by atoms with Gasteiger partial charge in [-0.3, -0.25) is 0 Å². The molecule has 0 fully saturated rings. The highest BCUT2D eigenvalue weighted by Crippen LogP contribution is 2.43. The number of nitrogens with zero attached hydrogens (tertiary/aromatic N) is 2. The van der Waals surface area contributed by atoms with E-state index in [1.54, 1.807) is 12.1 Å². The average molecular weight is 666 g/mol. The fourth-order valence-corrected chi connectivity index (χ4v) is 4.96. The first-order valence-electron chi connectivity index (χ1n) is 10.8. The first kappa shape index (κ1) is 28.2. The van der Waals surface area contributed by atoms with E-state index in [2.05, 4.69) is 31.9 Å². The summed E-state index contributed by atoms with van der Waals surface area (Å²) in [6.45, 7) is 0. The van der Waals surface area contributed by atoms with Gasteiger partial charge in [0.05, 0.1) is 11.1 Å². The van der Waals surface area contributed by atoms with E-state index in [1.165, 1.54) is 36.4 Å². The van der Waals surface area contributed by atoms with Crippen molar-refractivity contribution in [2.24, 2.45) is 0 Å². The van der Waals surface area contributed by atoms with Crippen LogP contribution in [0.4, 0.5) is 26.3 Å². The maximum atomic E-state index is 13.0. The lowest BCUT2D eigenvalue weighted by molar-refractivity contribution is -0.138. The predicted octanol–water partition coefficient (Wildman–Crippen LogP) is 10.1. The molecule has 0 heterocycles. The van der Waals surface area contributed by atoms with Crippen LogP contribution in [-0.2, 0) is 12.4 Å². The highest BCUT2D eigenvalue weighted by molar-refractivity contribution is 9.11. The van der Waals surface area contributed by atoms with E-state index in [4.69, 9.17) is 4.74 Å². The molecular weight excluding hydrogens is 654 g/mol. The molecule has 0 bridgehead atoms. The van der Waals surface area contributed by atoms with Crippen molar-refractivity contribution in [2.75, 3.05) is 0 Å². The molecule has 4 aromatic rings. The molecule has 0 aromatic heterocycles. The van der Waals surface area contributed by atoms with Crippen molar-refractivity contribution in [1.82, 2.24) is 0 Å². The van der Waals surface area contributed by atoms with Gasteiger partial charge in [0.15, 0.2) is 0 Å². The Morgan fingerprint density at radius 1 is 0.538 bits per heavy atom. The largest absolute Gasteiger partial charge is 0.455 e. The van der Waals surface area contributed by atoms with Crippen LogP contribution < -0.4 is 4.74 Å². The molecule has 4 aromatic carbocycles. The van der Waals surface area contributed by atoms with Gasteiger partial charge in [-0.15, -0.1) is 0 Å². The number of alkyl halides is 6. The molecule has 0 aliphatic rings. The van der Waals surface area contributed by atoms with Gasteiger partial charge in [0.1, 0.15) is 34.8 Å². The van der Waals surface area contributed by atoms with Crippen molar-refractivity contribution in [3.05, 3.63) is 104 Å². The zero-order valence-electron chi connectivity index (χ0n) is 19.3. The van der Waals surface area contributed by atoms with E-state index in [0.717, 1.165) is 24.3 Å². The third-order valence-corrected chi connectivity index (χ3v) is 7.00. The van der Waals surface area contributed by atoms with Crippen molar-refractivity contribution in [1.29, 1.82) is 10.5 Å². The van der Waals surface area contributed by atoms with Crippen LogP contribution in [0.15, 0.2) is 81.7 Å². The number of hydrogen-bond acceptors (Lipinski definition) is 3. The van der Waals surface area contributed by atoms with Gasteiger partial charge in [-0.25, -0.2) is 0 Å². The molecule has 0 atom stereocenters. The summed E-state index contributed by atoms with van der Waals surface area (Å²) in [5.41, 5.74) is -0.517. The van der Waals surface area contributed by atoms with Gasteiger partial charge in [0.25, 0.3) is 0 Å².